The SMILES string of the molecule is C[C@H]1CC[C@H]2C(C)(C)[C@@H](O)CC[C@]23Oc2c(c(O)cc4c2CN(S(C)(=O)=O)C4=O)C[C@]13C. The molecule has 176 valence electrons. The fraction of sp³-hybridized carbons (Fsp3) is 0.708. The molecule has 2 aliphatic heterocycles. The quantitative estimate of drug-likeness (QED) is 0.663. The Morgan fingerprint density at radius 1 is 1.16 bits per heavy atom. The van der Waals surface area contributed by atoms with Crippen molar-refractivity contribution in [1.29, 1.82) is 0 Å². The van der Waals surface area contributed by atoms with Crippen LogP contribution < -0.4 is 4.74 Å². The van der Waals surface area contributed by atoms with Crippen molar-refractivity contribution in [2.75, 3.05) is 6.26 Å². The van der Waals surface area contributed by atoms with E-state index in [1.165, 1.54) is 6.07 Å². The van der Waals surface area contributed by atoms with E-state index in [1.54, 1.807) is 0 Å². The van der Waals surface area contributed by atoms with Gasteiger partial charge in [-0.15, -0.1) is 0 Å². The van der Waals surface area contributed by atoms with Crippen molar-refractivity contribution < 1.29 is 28.2 Å². The molecule has 2 N–H and O–H groups in total. The van der Waals surface area contributed by atoms with Gasteiger partial charge >= 0.3 is 0 Å². The molecule has 8 heteroatoms. The van der Waals surface area contributed by atoms with Crippen LogP contribution in [0.1, 0.15) is 74.9 Å². The predicted octanol–water partition coefficient (Wildman–Crippen LogP) is 3.21. The lowest BCUT2D eigenvalue weighted by Gasteiger charge is -2.67. The Bertz CT molecular complexity index is 1130. The summed E-state index contributed by atoms with van der Waals surface area (Å²) in [5.74, 6) is 0.295. The Morgan fingerprint density at radius 3 is 2.50 bits per heavy atom. The van der Waals surface area contributed by atoms with Gasteiger partial charge in [-0.3, -0.25) is 4.79 Å². The van der Waals surface area contributed by atoms with E-state index in [1.807, 2.05) is 0 Å². The summed E-state index contributed by atoms with van der Waals surface area (Å²) in [5.41, 5.74) is 0.254. The second-order valence-electron chi connectivity index (χ2n) is 11.3. The van der Waals surface area contributed by atoms with E-state index in [4.69, 9.17) is 4.74 Å². The minimum atomic E-state index is -3.74. The zero-order valence-corrected chi connectivity index (χ0v) is 20.3. The highest BCUT2D eigenvalue weighted by molar-refractivity contribution is 7.88. The molecule has 5 atom stereocenters. The first-order valence-corrected chi connectivity index (χ1v) is 13.4. The van der Waals surface area contributed by atoms with E-state index < -0.39 is 27.6 Å². The summed E-state index contributed by atoms with van der Waals surface area (Å²) in [5, 5.41) is 21.8. The smallest absolute Gasteiger partial charge is 0.268 e. The summed E-state index contributed by atoms with van der Waals surface area (Å²) in [6.45, 7) is 8.63. The number of aliphatic hydroxyl groups is 1. The molecule has 7 nitrogen and oxygen atoms in total. The summed E-state index contributed by atoms with van der Waals surface area (Å²) < 4.78 is 32.2. The van der Waals surface area contributed by atoms with Crippen LogP contribution in [0.5, 0.6) is 11.5 Å². The minimum absolute atomic E-state index is 0.0112. The number of nitrogens with zero attached hydrogens (tertiary/aromatic N) is 1. The molecule has 1 spiro atoms. The maximum atomic E-state index is 12.9. The Labute approximate surface area is 189 Å². The van der Waals surface area contributed by atoms with Crippen molar-refractivity contribution >= 4 is 15.9 Å². The summed E-state index contributed by atoms with van der Waals surface area (Å²) in [7, 11) is -3.74. The molecule has 0 radical (unpaired) electrons. The third-order valence-corrected chi connectivity index (χ3v) is 10.6. The first-order chi connectivity index (χ1) is 14.7. The average Bonchev–Trinajstić information content (AvgIpc) is 3.02. The Hall–Kier alpha value is -1.80. The lowest BCUT2D eigenvalue weighted by Crippen LogP contribution is -2.70. The molecule has 32 heavy (non-hydrogen) atoms. The van der Waals surface area contributed by atoms with Crippen LogP contribution in [0, 0.1) is 22.7 Å². The fourth-order valence-electron chi connectivity index (χ4n) is 7.27. The molecule has 5 rings (SSSR count). The number of hydrogen-bond acceptors (Lipinski definition) is 6. The number of rotatable bonds is 1. The number of sulfonamides is 1. The van der Waals surface area contributed by atoms with Crippen LogP contribution in [0.25, 0.3) is 0 Å². The van der Waals surface area contributed by atoms with Gasteiger partial charge in [0.2, 0.25) is 10.0 Å². The van der Waals surface area contributed by atoms with Crippen LogP contribution in [0.2, 0.25) is 0 Å². The molecule has 2 fully saturated rings. The molecule has 1 amide bonds. The van der Waals surface area contributed by atoms with Crippen molar-refractivity contribution in [3.05, 3.63) is 22.8 Å². The van der Waals surface area contributed by atoms with Gasteiger partial charge in [0.1, 0.15) is 17.1 Å². The van der Waals surface area contributed by atoms with Crippen molar-refractivity contribution in [3.63, 3.8) is 0 Å². The number of benzene rings is 1. The summed E-state index contributed by atoms with van der Waals surface area (Å²) >= 11 is 0. The minimum Gasteiger partial charge on any atom is -0.508 e. The molecule has 4 aliphatic rings. The van der Waals surface area contributed by atoms with Gasteiger partial charge in [0.25, 0.3) is 5.91 Å². The van der Waals surface area contributed by atoms with Crippen molar-refractivity contribution in [2.24, 2.45) is 22.7 Å². The first kappa shape index (κ1) is 22.0. The molecule has 0 unspecified atom stereocenters. The van der Waals surface area contributed by atoms with E-state index in [2.05, 4.69) is 27.7 Å². The van der Waals surface area contributed by atoms with Gasteiger partial charge in [0.05, 0.1) is 24.5 Å². The zero-order chi connectivity index (χ0) is 23.4. The van der Waals surface area contributed by atoms with Gasteiger partial charge in [-0.1, -0.05) is 27.7 Å². The largest absolute Gasteiger partial charge is 0.508 e. The third-order valence-electron chi connectivity index (χ3n) is 9.50. The Morgan fingerprint density at radius 2 is 1.84 bits per heavy atom. The van der Waals surface area contributed by atoms with Crippen molar-refractivity contribution in [1.82, 2.24) is 4.31 Å². The van der Waals surface area contributed by atoms with Crippen LogP contribution in [0.3, 0.4) is 0 Å². The lowest BCUT2D eigenvalue weighted by molar-refractivity contribution is -0.233. The highest BCUT2D eigenvalue weighted by atomic mass is 32.2. The lowest BCUT2D eigenvalue weighted by atomic mass is 9.43. The number of fused-ring (bicyclic) bond motifs is 3. The van der Waals surface area contributed by atoms with E-state index in [-0.39, 0.29) is 34.6 Å². The monoisotopic (exact) mass is 463 g/mol. The first-order valence-electron chi connectivity index (χ1n) is 11.5. The summed E-state index contributed by atoms with van der Waals surface area (Å²) in [4.78, 5) is 12.9. The zero-order valence-electron chi connectivity index (χ0n) is 19.4. The van der Waals surface area contributed by atoms with Gasteiger partial charge in [-0.25, -0.2) is 12.7 Å². The number of carbonyl (C=O) groups excluding carboxylic acids is 1. The molecule has 0 bridgehead atoms. The molecular formula is C24H33NO6S. The Balaban J connectivity index is 1.72. The third kappa shape index (κ3) is 2.56. The number of phenols is 1. The standard InChI is InChI=1S/C24H33NO6S/c1-13-6-7-18-22(2,3)19(27)8-9-24(18)23(13,4)11-15-17(26)10-14-16(20(15)31-24)12-25(21(14)28)32(5,29)30/h10,13,18-19,26-27H,6-9,11-12H2,1-5H3/t13-,18-,19-,23+,24-/m0/s1. The number of hydrogen-bond donors (Lipinski definition) is 2. The highest BCUT2D eigenvalue weighted by Crippen LogP contribution is 2.67. The molecule has 2 heterocycles. The normalized spacial score (nSPS) is 37.8. The fourth-order valence-corrected chi connectivity index (χ4v) is 8.04. The number of aromatic hydroxyl groups is 1. The number of carbonyl (C=O) groups is 1. The number of ether oxygens (including phenoxy) is 1. The predicted molar refractivity (Wildman–Crippen MR) is 119 cm³/mol. The van der Waals surface area contributed by atoms with Crippen LogP contribution in [-0.2, 0) is 23.0 Å². The number of aliphatic hydroxyl groups excluding tert-OH is 1. The van der Waals surface area contributed by atoms with E-state index >= 15 is 0 Å². The van der Waals surface area contributed by atoms with E-state index in [0.717, 1.165) is 23.4 Å². The Kier molecular flexibility index (Phi) is 4.41. The molecule has 1 aromatic carbocycles. The topological polar surface area (TPSA) is 104 Å². The van der Waals surface area contributed by atoms with Crippen LogP contribution >= 0.6 is 0 Å². The second-order valence-corrected chi connectivity index (χ2v) is 13.2. The summed E-state index contributed by atoms with van der Waals surface area (Å²) in [6.07, 6.45) is 4.46. The van der Waals surface area contributed by atoms with Gasteiger partial charge in [-0.2, -0.15) is 0 Å². The van der Waals surface area contributed by atoms with Gasteiger partial charge in [0, 0.05) is 22.5 Å². The molecule has 0 saturated heterocycles. The van der Waals surface area contributed by atoms with Crippen LogP contribution in [0.15, 0.2) is 6.07 Å². The molecule has 1 aromatic rings. The number of phenolic OH excluding ortho intramolecular Hbond substituents is 1. The molecular weight excluding hydrogens is 430 g/mol. The second kappa shape index (κ2) is 6.41. The summed E-state index contributed by atoms with van der Waals surface area (Å²) in [6, 6.07) is 1.41. The van der Waals surface area contributed by atoms with Gasteiger partial charge < -0.3 is 14.9 Å². The molecule has 0 aromatic heterocycles. The van der Waals surface area contributed by atoms with Crippen LogP contribution in [0.4, 0.5) is 0 Å². The molecule has 2 aliphatic carbocycles. The highest BCUT2D eigenvalue weighted by Gasteiger charge is 2.68. The maximum Gasteiger partial charge on any atom is 0.268 e. The average molecular weight is 464 g/mol. The van der Waals surface area contributed by atoms with E-state index in [9.17, 15) is 23.4 Å². The van der Waals surface area contributed by atoms with Crippen molar-refractivity contribution in [3.8, 4) is 11.5 Å². The van der Waals surface area contributed by atoms with Crippen LogP contribution in [-0.4, -0.2) is 46.8 Å². The van der Waals surface area contributed by atoms with Gasteiger partial charge in [-0.05, 0) is 49.5 Å². The van der Waals surface area contributed by atoms with E-state index in [0.29, 0.717) is 42.1 Å². The maximum absolute atomic E-state index is 12.9. The number of amides is 1. The van der Waals surface area contributed by atoms with Gasteiger partial charge in [0.15, 0.2) is 0 Å². The molecule has 2 saturated carbocycles. The van der Waals surface area contributed by atoms with Crippen molar-refractivity contribution in [2.45, 2.75) is 78.0 Å².